The van der Waals surface area contributed by atoms with Crippen LogP contribution in [0.1, 0.15) is 18.9 Å². The quantitative estimate of drug-likeness (QED) is 0.789. The van der Waals surface area contributed by atoms with Crippen LogP contribution in [0.5, 0.6) is 0 Å². The molecule has 0 bridgehead atoms. The van der Waals surface area contributed by atoms with E-state index >= 15 is 0 Å². The number of rotatable bonds is 6. The van der Waals surface area contributed by atoms with E-state index in [4.69, 9.17) is 0 Å². The second kappa shape index (κ2) is 9.06. The van der Waals surface area contributed by atoms with Gasteiger partial charge in [-0.3, -0.25) is 4.90 Å². The maximum atomic E-state index is 12.4. The molecule has 1 unspecified atom stereocenters. The lowest BCUT2D eigenvalue weighted by atomic mass is 10.1. The summed E-state index contributed by atoms with van der Waals surface area (Å²) >= 11 is 4.38. The third-order valence-electron chi connectivity index (χ3n) is 4.07. The third-order valence-corrected chi connectivity index (χ3v) is 4.51. The van der Waals surface area contributed by atoms with Gasteiger partial charge in [-0.15, -0.1) is 0 Å². The summed E-state index contributed by atoms with van der Waals surface area (Å²) in [5.41, 5.74) is 1.23. The number of carbonyl (C=O) groups excluding carboxylic acids is 1. The molecule has 1 aromatic rings. The Balaban J connectivity index is 1.80. The van der Waals surface area contributed by atoms with Gasteiger partial charge >= 0.3 is 6.03 Å². The fraction of sp³-hybridized carbons (Fsp3) is 0.588. The smallest absolute Gasteiger partial charge is 0.317 e. The number of benzene rings is 1. The summed E-state index contributed by atoms with van der Waals surface area (Å²) in [7, 11) is 0. The zero-order valence-electron chi connectivity index (χ0n) is 13.4. The minimum atomic E-state index is 0.0473. The normalized spacial score (nSPS) is 17.3. The zero-order valence-corrected chi connectivity index (χ0v) is 14.3. The van der Waals surface area contributed by atoms with Crippen LogP contribution in [0.4, 0.5) is 4.79 Å². The van der Waals surface area contributed by atoms with Crippen molar-refractivity contribution >= 4 is 18.7 Å². The van der Waals surface area contributed by atoms with Crippen LogP contribution in [-0.4, -0.2) is 60.3 Å². The molecular formula is C17H27N3OS. The molecule has 1 fully saturated rings. The fourth-order valence-corrected chi connectivity index (χ4v) is 3.04. The van der Waals surface area contributed by atoms with Crippen molar-refractivity contribution < 1.29 is 4.79 Å². The number of amides is 2. The van der Waals surface area contributed by atoms with Crippen LogP contribution in [0, 0.1) is 0 Å². The van der Waals surface area contributed by atoms with Crippen molar-refractivity contribution in [2.75, 3.05) is 38.5 Å². The molecule has 1 aromatic carbocycles. The Labute approximate surface area is 139 Å². The SMILES string of the molecule is CCCN1CCN(C(=O)NC(CS)Cc2ccccc2)CC1. The van der Waals surface area contributed by atoms with Gasteiger partial charge in [0, 0.05) is 38.0 Å². The van der Waals surface area contributed by atoms with E-state index in [0.717, 1.165) is 39.1 Å². The first-order valence-corrected chi connectivity index (χ1v) is 8.78. The molecule has 2 rings (SSSR count). The maximum Gasteiger partial charge on any atom is 0.317 e. The first-order chi connectivity index (χ1) is 10.7. The van der Waals surface area contributed by atoms with E-state index in [1.54, 1.807) is 0 Å². The predicted molar refractivity (Wildman–Crippen MR) is 94.6 cm³/mol. The van der Waals surface area contributed by atoms with Crippen LogP contribution in [0.3, 0.4) is 0 Å². The average molecular weight is 321 g/mol. The lowest BCUT2D eigenvalue weighted by Gasteiger charge is -2.35. The molecule has 1 aliphatic heterocycles. The zero-order chi connectivity index (χ0) is 15.8. The number of carbonyl (C=O) groups is 1. The van der Waals surface area contributed by atoms with Gasteiger partial charge in [-0.2, -0.15) is 12.6 Å². The molecule has 122 valence electrons. The molecule has 1 saturated heterocycles. The summed E-state index contributed by atoms with van der Waals surface area (Å²) in [5.74, 6) is 0.649. The molecule has 0 saturated carbocycles. The number of thiol groups is 1. The third kappa shape index (κ3) is 5.21. The van der Waals surface area contributed by atoms with Gasteiger partial charge in [-0.25, -0.2) is 4.79 Å². The highest BCUT2D eigenvalue weighted by Crippen LogP contribution is 2.07. The van der Waals surface area contributed by atoms with E-state index in [1.165, 1.54) is 12.0 Å². The van der Waals surface area contributed by atoms with Crippen molar-refractivity contribution in [3.63, 3.8) is 0 Å². The second-order valence-corrected chi connectivity index (χ2v) is 6.21. The van der Waals surface area contributed by atoms with Crippen molar-refractivity contribution in [2.24, 2.45) is 0 Å². The highest BCUT2D eigenvalue weighted by molar-refractivity contribution is 7.80. The van der Waals surface area contributed by atoms with Gasteiger partial charge in [-0.05, 0) is 24.9 Å². The lowest BCUT2D eigenvalue weighted by Crippen LogP contribution is -2.54. The van der Waals surface area contributed by atoms with Gasteiger partial charge in [0.1, 0.15) is 0 Å². The summed E-state index contributed by atoms with van der Waals surface area (Å²) in [6.45, 7) is 6.91. The second-order valence-electron chi connectivity index (χ2n) is 5.85. The van der Waals surface area contributed by atoms with E-state index in [9.17, 15) is 4.79 Å². The van der Waals surface area contributed by atoms with Gasteiger partial charge in [0.15, 0.2) is 0 Å². The Hall–Kier alpha value is -1.20. The molecule has 0 aromatic heterocycles. The molecule has 2 amide bonds. The van der Waals surface area contributed by atoms with Crippen molar-refractivity contribution in [1.29, 1.82) is 0 Å². The maximum absolute atomic E-state index is 12.4. The Kier molecular flexibility index (Phi) is 7.06. The summed E-state index contributed by atoms with van der Waals surface area (Å²) in [4.78, 5) is 16.7. The Morgan fingerprint density at radius 3 is 2.50 bits per heavy atom. The van der Waals surface area contributed by atoms with E-state index in [-0.39, 0.29) is 12.1 Å². The molecular weight excluding hydrogens is 294 g/mol. The van der Waals surface area contributed by atoms with E-state index in [0.29, 0.717) is 5.75 Å². The summed E-state index contributed by atoms with van der Waals surface area (Å²) in [6, 6.07) is 10.4. The lowest BCUT2D eigenvalue weighted by molar-refractivity contribution is 0.138. The van der Waals surface area contributed by atoms with Crippen LogP contribution < -0.4 is 5.32 Å². The molecule has 1 atom stereocenters. The van der Waals surface area contributed by atoms with Gasteiger partial charge in [-0.1, -0.05) is 37.3 Å². The molecule has 5 heteroatoms. The average Bonchev–Trinajstić information content (AvgIpc) is 2.56. The molecule has 1 aliphatic rings. The standard InChI is InChI=1S/C17H27N3OS/c1-2-8-19-9-11-20(12-10-19)17(21)18-16(14-22)13-15-6-4-3-5-7-15/h3-7,16,22H,2,8-14H2,1H3,(H,18,21). The van der Waals surface area contributed by atoms with Crippen molar-refractivity contribution in [3.8, 4) is 0 Å². The van der Waals surface area contributed by atoms with Gasteiger partial charge < -0.3 is 10.2 Å². The topological polar surface area (TPSA) is 35.6 Å². The predicted octanol–water partition coefficient (Wildman–Crippen LogP) is 2.26. The molecule has 0 aliphatic carbocycles. The Morgan fingerprint density at radius 1 is 1.23 bits per heavy atom. The van der Waals surface area contributed by atoms with E-state index < -0.39 is 0 Å². The van der Waals surface area contributed by atoms with Crippen LogP contribution in [0.25, 0.3) is 0 Å². The molecule has 1 heterocycles. The van der Waals surface area contributed by atoms with Crippen LogP contribution in [-0.2, 0) is 6.42 Å². The van der Waals surface area contributed by atoms with Crippen molar-refractivity contribution in [1.82, 2.24) is 15.1 Å². The number of urea groups is 1. The number of hydrogen-bond acceptors (Lipinski definition) is 3. The van der Waals surface area contributed by atoms with Crippen LogP contribution in [0.2, 0.25) is 0 Å². The highest BCUT2D eigenvalue weighted by Gasteiger charge is 2.22. The first-order valence-electron chi connectivity index (χ1n) is 8.15. The van der Waals surface area contributed by atoms with Crippen LogP contribution in [0.15, 0.2) is 30.3 Å². The highest BCUT2D eigenvalue weighted by atomic mass is 32.1. The summed E-state index contributed by atoms with van der Waals surface area (Å²) in [5, 5.41) is 3.12. The van der Waals surface area contributed by atoms with E-state index in [2.05, 4.69) is 41.9 Å². The Bertz CT molecular complexity index is 446. The molecule has 4 nitrogen and oxygen atoms in total. The number of nitrogens with zero attached hydrogens (tertiary/aromatic N) is 2. The van der Waals surface area contributed by atoms with Gasteiger partial charge in [0.2, 0.25) is 0 Å². The fourth-order valence-electron chi connectivity index (χ4n) is 2.82. The first kappa shape index (κ1) is 17.2. The minimum absolute atomic E-state index is 0.0473. The van der Waals surface area contributed by atoms with E-state index in [1.807, 2.05) is 23.1 Å². The monoisotopic (exact) mass is 321 g/mol. The minimum Gasteiger partial charge on any atom is -0.334 e. The molecule has 1 N–H and O–H groups in total. The summed E-state index contributed by atoms with van der Waals surface area (Å²) in [6.07, 6.45) is 2.00. The number of nitrogens with one attached hydrogen (secondary N) is 1. The molecule has 0 radical (unpaired) electrons. The Morgan fingerprint density at radius 2 is 1.91 bits per heavy atom. The molecule has 0 spiro atoms. The van der Waals surface area contributed by atoms with Gasteiger partial charge in [0.25, 0.3) is 0 Å². The summed E-state index contributed by atoms with van der Waals surface area (Å²) < 4.78 is 0. The van der Waals surface area contributed by atoms with Gasteiger partial charge in [0.05, 0.1) is 0 Å². The largest absolute Gasteiger partial charge is 0.334 e. The number of hydrogen-bond donors (Lipinski definition) is 2. The van der Waals surface area contributed by atoms with Crippen molar-refractivity contribution in [2.45, 2.75) is 25.8 Å². The van der Waals surface area contributed by atoms with Crippen LogP contribution >= 0.6 is 12.6 Å². The van der Waals surface area contributed by atoms with Crippen molar-refractivity contribution in [3.05, 3.63) is 35.9 Å². The molecule has 22 heavy (non-hydrogen) atoms. The number of piperazine rings is 1.